The predicted molar refractivity (Wildman–Crippen MR) is 40.3 cm³/mol. The third-order valence-corrected chi connectivity index (χ3v) is 1.09. The summed E-state index contributed by atoms with van der Waals surface area (Å²) in [4.78, 5) is 3.95. The van der Waals surface area contributed by atoms with Crippen LogP contribution in [0, 0.1) is 5.41 Å². The van der Waals surface area contributed by atoms with Crippen molar-refractivity contribution in [3.8, 4) is 0 Å². The fourth-order valence-corrected chi connectivity index (χ4v) is 0.442. The van der Waals surface area contributed by atoms with Crippen molar-refractivity contribution in [3.05, 3.63) is 0 Å². The van der Waals surface area contributed by atoms with Gasteiger partial charge < -0.3 is 5.41 Å². The second-order valence-electron chi connectivity index (χ2n) is 1.35. The van der Waals surface area contributed by atoms with Gasteiger partial charge in [0.05, 0.1) is 6.21 Å². The maximum Gasteiger partial charge on any atom is 0.118 e. The zero-order valence-electron chi connectivity index (χ0n) is 4.82. The molecule has 0 aliphatic carbocycles. The molecule has 0 saturated carbocycles. The van der Waals surface area contributed by atoms with Crippen LogP contribution >= 0.6 is 15.9 Å². The summed E-state index contributed by atoms with van der Waals surface area (Å²) < 4.78 is 0.624. The Bertz CT molecular complexity index is 98.6. The lowest BCUT2D eigenvalue weighted by Gasteiger charge is -1.84. The highest BCUT2D eigenvalue weighted by molar-refractivity contribution is 9.19. The lowest BCUT2D eigenvalue weighted by atomic mass is 10.5. The Morgan fingerprint density at radius 1 is 1.88 bits per heavy atom. The van der Waals surface area contributed by atoms with E-state index in [9.17, 15) is 0 Å². The first-order valence-corrected chi connectivity index (χ1v) is 3.31. The molecule has 0 aromatic heterocycles. The van der Waals surface area contributed by atoms with Crippen LogP contribution < -0.4 is 0 Å². The summed E-state index contributed by atoms with van der Waals surface area (Å²) in [5.74, 6) is 0. The molecule has 0 spiro atoms. The number of hydrogen-bond donors (Lipinski definition) is 1. The van der Waals surface area contributed by atoms with E-state index >= 15 is 0 Å². The van der Waals surface area contributed by atoms with E-state index in [2.05, 4.69) is 20.9 Å². The summed E-state index contributed by atoms with van der Waals surface area (Å²) in [6.07, 6.45) is 2.22. The van der Waals surface area contributed by atoms with Crippen molar-refractivity contribution in [2.24, 2.45) is 4.99 Å². The van der Waals surface area contributed by atoms with E-state index in [4.69, 9.17) is 5.41 Å². The van der Waals surface area contributed by atoms with Crippen molar-refractivity contribution in [2.45, 2.75) is 13.3 Å². The van der Waals surface area contributed by atoms with Gasteiger partial charge in [-0.1, -0.05) is 6.92 Å². The SMILES string of the molecule is CCC/N=C(/Br)C=N. The van der Waals surface area contributed by atoms with Crippen molar-refractivity contribution in [1.29, 1.82) is 5.41 Å². The maximum absolute atomic E-state index is 6.68. The monoisotopic (exact) mass is 176 g/mol. The van der Waals surface area contributed by atoms with E-state index in [0.29, 0.717) is 4.62 Å². The van der Waals surface area contributed by atoms with Gasteiger partial charge in [-0.25, -0.2) is 0 Å². The first kappa shape index (κ1) is 7.82. The van der Waals surface area contributed by atoms with Gasteiger partial charge in [0, 0.05) is 6.54 Å². The van der Waals surface area contributed by atoms with Gasteiger partial charge in [-0.2, -0.15) is 0 Å². The van der Waals surface area contributed by atoms with Crippen LogP contribution in [-0.4, -0.2) is 17.4 Å². The van der Waals surface area contributed by atoms with Crippen LogP contribution in [0.4, 0.5) is 0 Å². The molecule has 0 saturated heterocycles. The van der Waals surface area contributed by atoms with Gasteiger partial charge >= 0.3 is 0 Å². The Kier molecular flexibility index (Phi) is 4.85. The molecule has 0 heterocycles. The van der Waals surface area contributed by atoms with E-state index in [1.54, 1.807) is 0 Å². The fourth-order valence-electron chi connectivity index (χ4n) is 0.264. The van der Waals surface area contributed by atoms with Crippen LogP contribution in [0.2, 0.25) is 0 Å². The van der Waals surface area contributed by atoms with E-state index in [0.717, 1.165) is 13.0 Å². The van der Waals surface area contributed by atoms with Crippen LogP contribution in [0.1, 0.15) is 13.3 Å². The van der Waals surface area contributed by atoms with Gasteiger partial charge in [-0.15, -0.1) is 0 Å². The maximum atomic E-state index is 6.68. The van der Waals surface area contributed by atoms with Crippen LogP contribution in [0.3, 0.4) is 0 Å². The average molecular weight is 177 g/mol. The highest BCUT2D eigenvalue weighted by Crippen LogP contribution is 1.86. The molecule has 0 aromatic rings. The molecule has 0 aliphatic rings. The van der Waals surface area contributed by atoms with Crippen molar-refractivity contribution < 1.29 is 0 Å². The van der Waals surface area contributed by atoms with E-state index in [1.807, 2.05) is 6.92 Å². The molecule has 1 N–H and O–H groups in total. The quantitative estimate of drug-likeness (QED) is 0.638. The highest BCUT2D eigenvalue weighted by Gasteiger charge is 1.80. The molecular formula is C5H9BrN2. The Hall–Kier alpha value is -0.180. The second-order valence-corrected chi connectivity index (χ2v) is 2.16. The zero-order chi connectivity index (χ0) is 6.41. The van der Waals surface area contributed by atoms with Gasteiger partial charge in [0.2, 0.25) is 0 Å². The van der Waals surface area contributed by atoms with Gasteiger partial charge in [-0.05, 0) is 22.4 Å². The average Bonchev–Trinajstić information content (AvgIpc) is 1.83. The summed E-state index contributed by atoms with van der Waals surface area (Å²) in [5, 5.41) is 6.68. The Morgan fingerprint density at radius 2 is 2.50 bits per heavy atom. The molecule has 0 bridgehead atoms. The lowest BCUT2D eigenvalue weighted by molar-refractivity contribution is 0.937. The van der Waals surface area contributed by atoms with Gasteiger partial charge in [0.1, 0.15) is 4.62 Å². The van der Waals surface area contributed by atoms with Crippen molar-refractivity contribution in [2.75, 3.05) is 6.54 Å². The topological polar surface area (TPSA) is 36.2 Å². The standard InChI is InChI=1S/C5H9BrN2/c1-2-3-8-5(6)4-7/h4,7H,2-3H2,1H3/b7-4?,8-5+. The molecular weight excluding hydrogens is 168 g/mol. The minimum absolute atomic E-state index is 0.624. The minimum atomic E-state index is 0.624. The summed E-state index contributed by atoms with van der Waals surface area (Å²) in [6.45, 7) is 2.85. The Balaban J connectivity index is 3.40. The molecule has 0 unspecified atom stereocenters. The molecule has 3 heteroatoms. The third kappa shape index (κ3) is 3.99. The molecule has 0 fully saturated rings. The zero-order valence-corrected chi connectivity index (χ0v) is 6.40. The van der Waals surface area contributed by atoms with Crippen molar-refractivity contribution in [1.82, 2.24) is 0 Å². The predicted octanol–water partition coefficient (Wildman–Crippen LogP) is 1.84. The summed E-state index contributed by atoms with van der Waals surface area (Å²) in [6, 6.07) is 0. The molecule has 2 nitrogen and oxygen atoms in total. The summed E-state index contributed by atoms with van der Waals surface area (Å²) in [7, 11) is 0. The molecule has 46 valence electrons. The second kappa shape index (κ2) is 4.97. The smallest absolute Gasteiger partial charge is 0.118 e. The molecule has 0 rings (SSSR count). The molecule has 0 aliphatic heterocycles. The van der Waals surface area contributed by atoms with E-state index < -0.39 is 0 Å². The van der Waals surface area contributed by atoms with Gasteiger partial charge in [0.25, 0.3) is 0 Å². The first-order valence-electron chi connectivity index (χ1n) is 2.51. The summed E-state index contributed by atoms with van der Waals surface area (Å²) in [5.41, 5.74) is 0. The van der Waals surface area contributed by atoms with Crippen molar-refractivity contribution >= 4 is 26.8 Å². The normalized spacial score (nSPS) is 11.5. The van der Waals surface area contributed by atoms with Crippen LogP contribution in [0.25, 0.3) is 0 Å². The fraction of sp³-hybridized carbons (Fsp3) is 0.600. The molecule has 8 heavy (non-hydrogen) atoms. The van der Waals surface area contributed by atoms with Crippen molar-refractivity contribution in [3.63, 3.8) is 0 Å². The Labute approximate surface area is 57.6 Å². The number of halogens is 1. The van der Waals surface area contributed by atoms with E-state index in [1.165, 1.54) is 6.21 Å². The minimum Gasteiger partial charge on any atom is -0.306 e. The molecule has 0 atom stereocenters. The number of nitrogens with zero attached hydrogens (tertiary/aromatic N) is 1. The molecule has 0 amide bonds. The van der Waals surface area contributed by atoms with Gasteiger partial charge in [-0.3, -0.25) is 4.99 Å². The van der Waals surface area contributed by atoms with Gasteiger partial charge in [0.15, 0.2) is 0 Å². The molecule has 0 aromatic carbocycles. The Morgan fingerprint density at radius 3 is 2.88 bits per heavy atom. The number of aliphatic imine (C=N–C) groups is 1. The lowest BCUT2D eigenvalue weighted by Crippen LogP contribution is -1.87. The largest absolute Gasteiger partial charge is 0.306 e. The van der Waals surface area contributed by atoms with E-state index in [-0.39, 0.29) is 0 Å². The summed E-state index contributed by atoms with van der Waals surface area (Å²) >= 11 is 3.08. The number of hydrogen-bond acceptors (Lipinski definition) is 2. The first-order chi connectivity index (χ1) is 3.81. The van der Waals surface area contributed by atoms with Crippen LogP contribution in [0.5, 0.6) is 0 Å². The number of nitrogens with one attached hydrogen (secondary N) is 1. The van der Waals surface area contributed by atoms with Crippen LogP contribution in [-0.2, 0) is 0 Å². The highest BCUT2D eigenvalue weighted by atomic mass is 79.9. The molecule has 0 radical (unpaired) electrons. The van der Waals surface area contributed by atoms with Crippen LogP contribution in [0.15, 0.2) is 4.99 Å². The number of rotatable bonds is 3. The third-order valence-electron chi connectivity index (χ3n) is 0.606.